The van der Waals surface area contributed by atoms with Crippen molar-refractivity contribution in [1.82, 2.24) is 5.32 Å². The van der Waals surface area contributed by atoms with E-state index in [-0.39, 0.29) is 11.9 Å². The van der Waals surface area contributed by atoms with E-state index < -0.39 is 0 Å². The maximum atomic E-state index is 11.5. The van der Waals surface area contributed by atoms with Crippen LogP contribution in [0.4, 0.5) is 0 Å². The van der Waals surface area contributed by atoms with Crippen molar-refractivity contribution in [2.24, 2.45) is 0 Å². The molecule has 1 amide bonds. The molecule has 2 rings (SSSR count). The van der Waals surface area contributed by atoms with Crippen molar-refractivity contribution in [2.45, 2.75) is 19.4 Å². The van der Waals surface area contributed by atoms with Gasteiger partial charge >= 0.3 is 0 Å². The van der Waals surface area contributed by atoms with E-state index in [0.29, 0.717) is 25.0 Å². The molecule has 1 aromatic rings. The second kappa shape index (κ2) is 6.09. The van der Waals surface area contributed by atoms with Crippen molar-refractivity contribution < 1.29 is 14.3 Å². The molecule has 0 saturated carbocycles. The molecule has 18 heavy (non-hydrogen) atoms. The summed E-state index contributed by atoms with van der Waals surface area (Å²) in [7, 11) is 0. The third-order valence-electron chi connectivity index (χ3n) is 2.77. The molecule has 0 aromatic heterocycles. The molecule has 5 heteroatoms. The number of benzene rings is 1. The SMILES string of the molecule is CC(NC(=O)CCBr)c1ccc2c(c1)OCCO2. The van der Waals surface area contributed by atoms with Crippen LogP contribution in [-0.2, 0) is 4.79 Å². The van der Waals surface area contributed by atoms with Gasteiger partial charge in [0.15, 0.2) is 11.5 Å². The topological polar surface area (TPSA) is 47.6 Å². The number of amides is 1. The summed E-state index contributed by atoms with van der Waals surface area (Å²) in [6.07, 6.45) is 0.481. The number of rotatable bonds is 4. The number of fused-ring (bicyclic) bond motifs is 1. The Morgan fingerprint density at radius 1 is 1.39 bits per heavy atom. The van der Waals surface area contributed by atoms with Gasteiger partial charge < -0.3 is 14.8 Å². The molecular formula is C13H16BrNO3. The number of halogens is 1. The first-order valence-corrected chi connectivity index (χ1v) is 7.07. The molecule has 1 heterocycles. The van der Waals surface area contributed by atoms with Gasteiger partial charge in [0, 0.05) is 11.8 Å². The zero-order valence-corrected chi connectivity index (χ0v) is 11.8. The normalized spacial score (nSPS) is 15.0. The van der Waals surface area contributed by atoms with Gasteiger partial charge in [0.2, 0.25) is 5.91 Å². The highest BCUT2D eigenvalue weighted by atomic mass is 79.9. The predicted octanol–water partition coefficient (Wildman–Crippen LogP) is 2.42. The zero-order valence-electron chi connectivity index (χ0n) is 10.2. The highest BCUT2D eigenvalue weighted by Crippen LogP contribution is 2.32. The number of hydrogen-bond acceptors (Lipinski definition) is 3. The first-order valence-electron chi connectivity index (χ1n) is 5.95. The Labute approximate surface area is 115 Å². The van der Waals surface area contributed by atoms with Crippen LogP contribution in [0, 0.1) is 0 Å². The second-order valence-corrected chi connectivity index (χ2v) is 4.92. The Hall–Kier alpha value is -1.23. The highest BCUT2D eigenvalue weighted by Gasteiger charge is 2.15. The highest BCUT2D eigenvalue weighted by molar-refractivity contribution is 9.09. The molecule has 0 aliphatic carbocycles. The van der Waals surface area contributed by atoms with Crippen molar-refractivity contribution in [1.29, 1.82) is 0 Å². The lowest BCUT2D eigenvalue weighted by atomic mass is 10.1. The van der Waals surface area contributed by atoms with Gasteiger partial charge in [-0.1, -0.05) is 22.0 Å². The largest absolute Gasteiger partial charge is 0.486 e. The monoisotopic (exact) mass is 313 g/mol. The van der Waals surface area contributed by atoms with E-state index in [2.05, 4.69) is 21.2 Å². The summed E-state index contributed by atoms with van der Waals surface area (Å²) in [6, 6.07) is 5.73. The van der Waals surface area contributed by atoms with Crippen LogP contribution in [0.5, 0.6) is 11.5 Å². The van der Waals surface area contributed by atoms with Gasteiger partial charge in [0.1, 0.15) is 13.2 Å². The van der Waals surface area contributed by atoms with Gasteiger partial charge in [-0.3, -0.25) is 4.79 Å². The summed E-state index contributed by atoms with van der Waals surface area (Å²) in [5.74, 6) is 1.55. The number of nitrogens with one attached hydrogen (secondary N) is 1. The van der Waals surface area contributed by atoms with E-state index >= 15 is 0 Å². The molecule has 1 aliphatic heterocycles. The molecule has 0 radical (unpaired) electrons. The van der Waals surface area contributed by atoms with Crippen molar-refractivity contribution >= 4 is 21.8 Å². The summed E-state index contributed by atoms with van der Waals surface area (Å²) in [6.45, 7) is 3.11. The van der Waals surface area contributed by atoms with Crippen LogP contribution in [0.25, 0.3) is 0 Å². The Bertz CT molecular complexity index is 436. The molecule has 0 spiro atoms. The predicted molar refractivity (Wildman–Crippen MR) is 72.4 cm³/mol. The third kappa shape index (κ3) is 3.16. The first kappa shape index (κ1) is 13.2. The van der Waals surface area contributed by atoms with E-state index in [1.165, 1.54) is 0 Å². The van der Waals surface area contributed by atoms with E-state index in [0.717, 1.165) is 17.1 Å². The first-order chi connectivity index (χ1) is 8.70. The van der Waals surface area contributed by atoms with Gasteiger partial charge in [-0.05, 0) is 24.6 Å². The molecule has 1 atom stereocenters. The Morgan fingerprint density at radius 2 is 2.11 bits per heavy atom. The Morgan fingerprint density at radius 3 is 2.83 bits per heavy atom. The summed E-state index contributed by atoms with van der Waals surface area (Å²) in [5, 5.41) is 3.61. The van der Waals surface area contributed by atoms with Crippen LogP contribution in [0.3, 0.4) is 0 Å². The quantitative estimate of drug-likeness (QED) is 0.868. The fraction of sp³-hybridized carbons (Fsp3) is 0.462. The van der Waals surface area contributed by atoms with E-state index in [9.17, 15) is 4.79 Å². The zero-order chi connectivity index (χ0) is 13.0. The Kier molecular flexibility index (Phi) is 4.47. The van der Waals surface area contributed by atoms with Crippen molar-refractivity contribution in [2.75, 3.05) is 18.5 Å². The molecule has 1 N–H and O–H groups in total. The molecule has 0 fully saturated rings. The lowest BCUT2D eigenvalue weighted by Crippen LogP contribution is -2.26. The van der Waals surface area contributed by atoms with Gasteiger partial charge in [-0.2, -0.15) is 0 Å². The molecule has 4 nitrogen and oxygen atoms in total. The van der Waals surface area contributed by atoms with Crippen LogP contribution < -0.4 is 14.8 Å². The van der Waals surface area contributed by atoms with Crippen LogP contribution in [-0.4, -0.2) is 24.5 Å². The van der Waals surface area contributed by atoms with E-state index in [1.807, 2.05) is 25.1 Å². The lowest BCUT2D eigenvalue weighted by molar-refractivity contribution is -0.121. The van der Waals surface area contributed by atoms with E-state index in [4.69, 9.17) is 9.47 Å². The van der Waals surface area contributed by atoms with Crippen LogP contribution in [0.2, 0.25) is 0 Å². The van der Waals surface area contributed by atoms with Crippen LogP contribution in [0.15, 0.2) is 18.2 Å². The fourth-order valence-corrected chi connectivity index (χ4v) is 2.17. The van der Waals surface area contributed by atoms with Crippen molar-refractivity contribution in [3.8, 4) is 11.5 Å². The molecule has 0 bridgehead atoms. The maximum absolute atomic E-state index is 11.5. The summed E-state index contributed by atoms with van der Waals surface area (Å²) >= 11 is 3.25. The van der Waals surface area contributed by atoms with Gasteiger partial charge in [0.05, 0.1) is 6.04 Å². The van der Waals surface area contributed by atoms with Crippen LogP contribution >= 0.6 is 15.9 Å². The summed E-state index contributed by atoms with van der Waals surface area (Å²) in [4.78, 5) is 11.5. The molecule has 1 unspecified atom stereocenters. The number of alkyl halides is 1. The van der Waals surface area contributed by atoms with Crippen LogP contribution in [0.1, 0.15) is 24.9 Å². The average molecular weight is 314 g/mol. The lowest BCUT2D eigenvalue weighted by Gasteiger charge is -2.21. The molecule has 0 saturated heterocycles. The Balaban J connectivity index is 2.06. The number of hydrogen-bond donors (Lipinski definition) is 1. The number of carbonyl (C=O) groups excluding carboxylic acids is 1. The fourth-order valence-electron chi connectivity index (χ4n) is 1.81. The third-order valence-corrected chi connectivity index (χ3v) is 3.16. The number of ether oxygens (including phenoxy) is 2. The molecule has 98 valence electrons. The van der Waals surface area contributed by atoms with Crippen molar-refractivity contribution in [3.05, 3.63) is 23.8 Å². The molecule has 1 aliphatic rings. The average Bonchev–Trinajstić information content (AvgIpc) is 2.38. The minimum Gasteiger partial charge on any atom is -0.486 e. The van der Waals surface area contributed by atoms with E-state index in [1.54, 1.807) is 0 Å². The number of carbonyl (C=O) groups is 1. The second-order valence-electron chi connectivity index (χ2n) is 4.13. The summed E-state index contributed by atoms with van der Waals surface area (Å²) < 4.78 is 11.0. The van der Waals surface area contributed by atoms with Gasteiger partial charge in [-0.15, -0.1) is 0 Å². The minimum absolute atomic E-state index is 0.0348. The smallest absolute Gasteiger partial charge is 0.221 e. The molecular weight excluding hydrogens is 298 g/mol. The summed E-state index contributed by atoms with van der Waals surface area (Å²) in [5.41, 5.74) is 1.02. The molecule has 1 aromatic carbocycles. The van der Waals surface area contributed by atoms with Crippen molar-refractivity contribution in [3.63, 3.8) is 0 Å². The maximum Gasteiger partial charge on any atom is 0.221 e. The van der Waals surface area contributed by atoms with Gasteiger partial charge in [0.25, 0.3) is 0 Å². The minimum atomic E-state index is -0.0348. The standard InChI is InChI=1S/C13H16BrNO3/c1-9(15-13(16)4-5-14)10-2-3-11-12(8-10)18-7-6-17-11/h2-3,8-9H,4-7H2,1H3,(H,15,16). The van der Waals surface area contributed by atoms with Gasteiger partial charge in [-0.25, -0.2) is 0 Å².